The molecule has 7 heteroatoms. The predicted octanol–water partition coefficient (Wildman–Crippen LogP) is 4.26. The molecule has 1 heterocycles. The van der Waals surface area contributed by atoms with E-state index < -0.39 is 0 Å². The van der Waals surface area contributed by atoms with Crippen molar-refractivity contribution in [2.24, 2.45) is 0 Å². The molecular weight excluding hydrogens is 410 g/mol. The quantitative estimate of drug-likeness (QED) is 0.692. The molecule has 5 nitrogen and oxygen atoms in total. The number of halogens is 2. The van der Waals surface area contributed by atoms with E-state index in [0.29, 0.717) is 29.6 Å². The van der Waals surface area contributed by atoms with Crippen molar-refractivity contribution in [2.75, 3.05) is 19.9 Å². The highest BCUT2D eigenvalue weighted by Gasteiger charge is 2.17. The average Bonchev–Trinajstić information content (AvgIpc) is 3.06. The van der Waals surface area contributed by atoms with E-state index in [2.05, 4.69) is 15.9 Å². The molecule has 1 amide bonds. The third-order valence-electron chi connectivity index (χ3n) is 3.79. The van der Waals surface area contributed by atoms with Crippen molar-refractivity contribution in [1.82, 2.24) is 4.90 Å². The van der Waals surface area contributed by atoms with Gasteiger partial charge in [0.2, 0.25) is 6.79 Å². The van der Waals surface area contributed by atoms with Crippen LogP contribution in [0.2, 0.25) is 5.02 Å². The minimum atomic E-state index is -0.112. The molecule has 2 aromatic rings. The van der Waals surface area contributed by atoms with Crippen molar-refractivity contribution in [2.45, 2.75) is 13.5 Å². The smallest absolute Gasteiger partial charge is 0.260 e. The number of likely N-dealkylation sites (N-methyl/N-ethyl adjacent to an activating group) is 1. The number of ether oxygens (including phenoxy) is 3. The fraction of sp³-hybridized carbons (Fsp3) is 0.278. The summed E-state index contributed by atoms with van der Waals surface area (Å²) in [5, 5.41) is 0.459. The molecule has 0 saturated heterocycles. The summed E-state index contributed by atoms with van der Waals surface area (Å²) in [6, 6.07) is 10.9. The second kappa shape index (κ2) is 7.97. The number of fused-ring (bicyclic) bond motifs is 1. The number of hydrogen-bond acceptors (Lipinski definition) is 4. The highest BCUT2D eigenvalue weighted by molar-refractivity contribution is 9.10. The van der Waals surface area contributed by atoms with Crippen molar-refractivity contribution < 1.29 is 19.0 Å². The lowest BCUT2D eigenvalue weighted by atomic mass is 10.2. The van der Waals surface area contributed by atoms with Gasteiger partial charge in [0.1, 0.15) is 5.75 Å². The summed E-state index contributed by atoms with van der Waals surface area (Å²) in [6.07, 6.45) is 0. The van der Waals surface area contributed by atoms with E-state index >= 15 is 0 Å². The van der Waals surface area contributed by atoms with Gasteiger partial charge in [-0.1, -0.05) is 33.6 Å². The van der Waals surface area contributed by atoms with Crippen LogP contribution in [0.25, 0.3) is 0 Å². The van der Waals surface area contributed by atoms with Crippen molar-refractivity contribution in [1.29, 1.82) is 0 Å². The molecule has 1 aliphatic heterocycles. The summed E-state index contributed by atoms with van der Waals surface area (Å²) >= 11 is 9.44. The van der Waals surface area contributed by atoms with Gasteiger partial charge in [0, 0.05) is 17.6 Å². The highest BCUT2D eigenvalue weighted by atomic mass is 79.9. The van der Waals surface area contributed by atoms with Crippen LogP contribution in [0.1, 0.15) is 12.5 Å². The maximum atomic E-state index is 12.5. The summed E-state index contributed by atoms with van der Waals surface area (Å²) in [7, 11) is 0. The Kier molecular flexibility index (Phi) is 5.71. The number of carbonyl (C=O) groups is 1. The molecule has 0 aromatic heterocycles. The van der Waals surface area contributed by atoms with Crippen LogP contribution in [0.3, 0.4) is 0 Å². The number of benzene rings is 2. The molecule has 132 valence electrons. The molecule has 3 rings (SSSR count). The highest BCUT2D eigenvalue weighted by Crippen LogP contribution is 2.33. The largest absolute Gasteiger partial charge is 0.482 e. The monoisotopic (exact) mass is 425 g/mol. The summed E-state index contributed by atoms with van der Waals surface area (Å²) < 4.78 is 17.1. The van der Waals surface area contributed by atoms with Gasteiger partial charge in [-0.15, -0.1) is 0 Å². The first-order chi connectivity index (χ1) is 12.1. The van der Waals surface area contributed by atoms with Crippen LogP contribution in [-0.2, 0) is 11.3 Å². The van der Waals surface area contributed by atoms with Gasteiger partial charge >= 0.3 is 0 Å². The molecule has 2 aromatic carbocycles. The Hall–Kier alpha value is -1.92. The molecule has 0 radical (unpaired) electrons. The second-order valence-electron chi connectivity index (χ2n) is 5.46. The first kappa shape index (κ1) is 17.9. The van der Waals surface area contributed by atoms with Gasteiger partial charge in [-0.2, -0.15) is 0 Å². The first-order valence-electron chi connectivity index (χ1n) is 7.81. The van der Waals surface area contributed by atoms with Crippen LogP contribution >= 0.6 is 27.5 Å². The molecular formula is C18H17BrClNO4. The van der Waals surface area contributed by atoms with Crippen molar-refractivity contribution in [3.8, 4) is 17.2 Å². The number of hydrogen-bond donors (Lipinski definition) is 0. The van der Waals surface area contributed by atoms with Crippen molar-refractivity contribution in [3.63, 3.8) is 0 Å². The van der Waals surface area contributed by atoms with Crippen LogP contribution in [0.4, 0.5) is 0 Å². The van der Waals surface area contributed by atoms with Crippen LogP contribution in [-0.4, -0.2) is 30.8 Å². The third kappa shape index (κ3) is 4.38. The Labute approximate surface area is 159 Å². The van der Waals surface area contributed by atoms with Gasteiger partial charge < -0.3 is 19.1 Å². The Morgan fingerprint density at radius 1 is 1.24 bits per heavy atom. The Balaban J connectivity index is 1.61. The van der Waals surface area contributed by atoms with E-state index in [-0.39, 0.29) is 19.3 Å². The Morgan fingerprint density at radius 3 is 2.80 bits per heavy atom. The van der Waals surface area contributed by atoms with Gasteiger partial charge in [0.05, 0.1) is 5.02 Å². The zero-order valence-corrected chi connectivity index (χ0v) is 16.0. The number of amides is 1. The lowest BCUT2D eigenvalue weighted by Gasteiger charge is -2.21. The summed E-state index contributed by atoms with van der Waals surface area (Å²) in [4.78, 5) is 14.2. The van der Waals surface area contributed by atoms with Crippen LogP contribution in [0.5, 0.6) is 17.2 Å². The van der Waals surface area contributed by atoms with Gasteiger partial charge in [0.15, 0.2) is 18.1 Å². The SMILES string of the molecule is CCN(Cc1ccc2c(c1)OCO2)C(=O)COc1ccc(Br)cc1Cl. The minimum Gasteiger partial charge on any atom is -0.482 e. The maximum absolute atomic E-state index is 12.5. The lowest BCUT2D eigenvalue weighted by Crippen LogP contribution is -2.34. The fourth-order valence-electron chi connectivity index (χ4n) is 2.46. The first-order valence-corrected chi connectivity index (χ1v) is 8.98. The van der Waals surface area contributed by atoms with Crippen LogP contribution in [0.15, 0.2) is 40.9 Å². The molecule has 0 spiro atoms. The summed E-state index contributed by atoms with van der Waals surface area (Å²) in [6.45, 7) is 3.14. The number of nitrogens with zero attached hydrogens (tertiary/aromatic N) is 1. The molecule has 25 heavy (non-hydrogen) atoms. The van der Waals surface area contributed by atoms with Crippen molar-refractivity contribution in [3.05, 3.63) is 51.5 Å². The lowest BCUT2D eigenvalue weighted by molar-refractivity contribution is -0.133. The normalized spacial score (nSPS) is 12.1. The van der Waals surface area contributed by atoms with Gasteiger partial charge in [0.25, 0.3) is 5.91 Å². The molecule has 0 aliphatic carbocycles. The molecule has 1 aliphatic rings. The summed E-state index contributed by atoms with van der Waals surface area (Å²) in [5.41, 5.74) is 0.973. The second-order valence-corrected chi connectivity index (χ2v) is 6.78. The van der Waals surface area contributed by atoms with E-state index in [1.807, 2.05) is 31.2 Å². The van der Waals surface area contributed by atoms with Gasteiger partial charge in [-0.25, -0.2) is 0 Å². The molecule has 0 saturated carbocycles. The van der Waals surface area contributed by atoms with E-state index in [0.717, 1.165) is 15.8 Å². The topological polar surface area (TPSA) is 48.0 Å². The number of carbonyl (C=O) groups excluding carboxylic acids is 1. The molecule has 0 N–H and O–H groups in total. The molecule has 0 unspecified atom stereocenters. The average molecular weight is 427 g/mol. The number of rotatable bonds is 6. The minimum absolute atomic E-state index is 0.0697. The zero-order valence-electron chi connectivity index (χ0n) is 13.6. The Morgan fingerprint density at radius 2 is 2.04 bits per heavy atom. The van der Waals surface area contributed by atoms with Crippen molar-refractivity contribution >= 4 is 33.4 Å². The Bertz CT molecular complexity index is 784. The van der Waals surface area contributed by atoms with Crippen LogP contribution < -0.4 is 14.2 Å². The summed E-state index contributed by atoms with van der Waals surface area (Å²) in [5.74, 6) is 1.81. The van der Waals surface area contributed by atoms with Crippen LogP contribution in [0, 0.1) is 0 Å². The standard InChI is InChI=1S/C18H17BrClNO4/c1-2-21(9-12-3-5-16-17(7-12)25-11-24-16)18(22)10-23-15-6-4-13(19)8-14(15)20/h3-8H,2,9-11H2,1H3. The third-order valence-corrected chi connectivity index (χ3v) is 4.58. The van der Waals surface area contributed by atoms with Gasteiger partial charge in [-0.3, -0.25) is 4.79 Å². The van der Waals surface area contributed by atoms with Gasteiger partial charge in [-0.05, 0) is 42.8 Å². The van der Waals surface area contributed by atoms with E-state index in [1.165, 1.54) is 0 Å². The fourth-order valence-corrected chi connectivity index (χ4v) is 3.19. The van der Waals surface area contributed by atoms with E-state index in [1.54, 1.807) is 17.0 Å². The molecule has 0 bridgehead atoms. The predicted molar refractivity (Wildman–Crippen MR) is 98.3 cm³/mol. The molecule has 0 atom stereocenters. The molecule has 0 fully saturated rings. The zero-order chi connectivity index (χ0) is 17.8. The van der Waals surface area contributed by atoms with E-state index in [4.69, 9.17) is 25.8 Å². The maximum Gasteiger partial charge on any atom is 0.260 e. The van der Waals surface area contributed by atoms with E-state index in [9.17, 15) is 4.79 Å².